The van der Waals surface area contributed by atoms with E-state index in [1.165, 1.54) is 0 Å². The van der Waals surface area contributed by atoms with Gasteiger partial charge >= 0.3 is 0 Å². The lowest BCUT2D eigenvalue weighted by molar-refractivity contribution is 0.601. The van der Waals surface area contributed by atoms with Crippen molar-refractivity contribution in [1.29, 1.82) is 0 Å². The van der Waals surface area contributed by atoms with Crippen molar-refractivity contribution in [3.8, 4) is 0 Å². The summed E-state index contributed by atoms with van der Waals surface area (Å²) in [5.41, 5.74) is 0. The van der Waals surface area contributed by atoms with Crippen molar-refractivity contribution in [3.63, 3.8) is 0 Å². The highest BCUT2D eigenvalue weighted by atomic mass is 32.1. The van der Waals surface area contributed by atoms with Gasteiger partial charge in [0.05, 0.1) is 10.6 Å². The molecule has 1 aromatic heterocycles. The SMILES string of the molecule is O=Pc1ccc2sc3ccccc3c2c1P=O. The molecule has 2 nitrogen and oxygen atoms in total. The van der Waals surface area contributed by atoms with E-state index in [1.54, 1.807) is 17.4 Å². The molecule has 5 heteroatoms. The zero-order valence-electron chi connectivity index (χ0n) is 8.58. The molecule has 0 saturated carbocycles. The fraction of sp³-hybridized carbons (Fsp3) is 0. The van der Waals surface area contributed by atoms with Crippen LogP contribution in [-0.4, -0.2) is 0 Å². The van der Waals surface area contributed by atoms with Gasteiger partial charge in [0.1, 0.15) is 0 Å². The average molecular weight is 276 g/mol. The van der Waals surface area contributed by atoms with Gasteiger partial charge in [-0.3, -0.25) is 9.13 Å². The summed E-state index contributed by atoms with van der Waals surface area (Å²) < 4.78 is 24.6. The zero-order chi connectivity index (χ0) is 11.8. The van der Waals surface area contributed by atoms with Gasteiger partial charge < -0.3 is 0 Å². The van der Waals surface area contributed by atoms with Crippen LogP contribution in [0, 0.1) is 0 Å². The van der Waals surface area contributed by atoms with Gasteiger partial charge in [-0.15, -0.1) is 11.3 Å². The van der Waals surface area contributed by atoms with E-state index < -0.39 is 0 Å². The minimum absolute atomic E-state index is 0.0809. The highest BCUT2D eigenvalue weighted by Crippen LogP contribution is 2.33. The molecule has 0 spiro atoms. The number of fused-ring (bicyclic) bond motifs is 3. The van der Waals surface area contributed by atoms with Crippen LogP contribution < -0.4 is 10.6 Å². The van der Waals surface area contributed by atoms with Gasteiger partial charge in [-0.25, -0.2) is 0 Å². The van der Waals surface area contributed by atoms with Gasteiger partial charge in [-0.05, 0) is 18.2 Å². The molecule has 0 aliphatic heterocycles. The Morgan fingerprint density at radius 2 is 1.71 bits per heavy atom. The number of hydrogen-bond acceptors (Lipinski definition) is 3. The minimum Gasteiger partial charge on any atom is -0.269 e. The summed E-state index contributed by atoms with van der Waals surface area (Å²) in [6, 6.07) is 11.7. The molecule has 17 heavy (non-hydrogen) atoms. The molecule has 3 aromatic rings. The number of benzene rings is 2. The second-order valence-electron chi connectivity index (χ2n) is 3.59. The van der Waals surface area contributed by atoms with Gasteiger partial charge in [0.2, 0.25) is 0 Å². The van der Waals surface area contributed by atoms with E-state index in [4.69, 9.17) is 0 Å². The van der Waals surface area contributed by atoms with Crippen LogP contribution in [0.25, 0.3) is 20.2 Å². The standard InChI is InChI=1S/C12H6O2P2S/c13-15-8-5-6-10-11(12(8)16-14)7-3-1-2-4-9(7)17-10/h1-6H. The maximum atomic E-state index is 11.3. The summed E-state index contributed by atoms with van der Waals surface area (Å²) in [4.78, 5) is 0. The molecule has 0 unspecified atom stereocenters. The summed E-state index contributed by atoms with van der Waals surface area (Å²) in [6.45, 7) is 0. The summed E-state index contributed by atoms with van der Waals surface area (Å²) in [6.07, 6.45) is 0. The second-order valence-corrected chi connectivity index (χ2v) is 5.97. The third-order valence-electron chi connectivity index (χ3n) is 2.68. The van der Waals surface area contributed by atoms with E-state index in [-0.39, 0.29) is 16.9 Å². The third kappa shape index (κ3) is 1.63. The Morgan fingerprint density at radius 3 is 2.47 bits per heavy atom. The monoisotopic (exact) mass is 276 g/mol. The van der Waals surface area contributed by atoms with Crippen LogP contribution in [0.2, 0.25) is 0 Å². The first-order valence-corrected chi connectivity index (χ1v) is 7.40. The van der Waals surface area contributed by atoms with Crippen molar-refractivity contribution in [2.24, 2.45) is 0 Å². The molecule has 2 aromatic carbocycles. The van der Waals surface area contributed by atoms with Crippen LogP contribution in [0.3, 0.4) is 0 Å². The fourth-order valence-corrected chi connectivity index (χ4v) is 4.22. The Labute approximate surface area is 105 Å². The highest BCUT2D eigenvalue weighted by molar-refractivity contribution is 7.43. The number of hydrogen-bond donors (Lipinski definition) is 0. The summed E-state index contributed by atoms with van der Waals surface area (Å²) in [7, 11) is -0.169. The van der Waals surface area contributed by atoms with E-state index in [9.17, 15) is 9.13 Å². The van der Waals surface area contributed by atoms with Gasteiger partial charge in [-0.1, -0.05) is 18.2 Å². The Hall–Kier alpha value is -1.14. The minimum atomic E-state index is -0.0876. The first-order valence-electron chi connectivity index (χ1n) is 4.96. The van der Waals surface area contributed by atoms with Crippen LogP contribution in [0.1, 0.15) is 0 Å². The molecule has 0 atom stereocenters. The molecular formula is C12H6O2P2S. The number of thiophene rings is 1. The van der Waals surface area contributed by atoms with Crippen LogP contribution in [0.5, 0.6) is 0 Å². The lowest BCUT2D eigenvalue weighted by Gasteiger charge is -1.97. The van der Waals surface area contributed by atoms with Crippen molar-refractivity contribution in [1.82, 2.24) is 0 Å². The largest absolute Gasteiger partial charge is 0.269 e. The quantitative estimate of drug-likeness (QED) is 0.665. The molecule has 0 saturated heterocycles. The van der Waals surface area contributed by atoms with Gasteiger partial charge in [0.15, 0.2) is 16.9 Å². The Balaban J connectivity index is 2.60. The molecule has 0 amide bonds. The summed E-state index contributed by atoms with van der Waals surface area (Å²) in [5.74, 6) is 0. The molecule has 0 radical (unpaired) electrons. The molecule has 0 aliphatic carbocycles. The van der Waals surface area contributed by atoms with Gasteiger partial charge in [-0.2, -0.15) is 0 Å². The average Bonchev–Trinajstić information content (AvgIpc) is 2.76. The lowest BCUT2D eigenvalue weighted by atomic mass is 10.1. The van der Waals surface area contributed by atoms with Crippen LogP contribution in [0.15, 0.2) is 36.4 Å². The van der Waals surface area contributed by atoms with E-state index in [0.29, 0.717) is 10.6 Å². The Kier molecular flexibility index (Phi) is 2.76. The first-order chi connectivity index (χ1) is 8.35. The Morgan fingerprint density at radius 1 is 0.882 bits per heavy atom. The van der Waals surface area contributed by atoms with E-state index in [1.807, 2.05) is 30.3 Å². The van der Waals surface area contributed by atoms with Crippen LogP contribution in [-0.2, 0) is 9.13 Å². The van der Waals surface area contributed by atoms with Crippen molar-refractivity contribution in [2.45, 2.75) is 0 Å². The first kappa shape index (κ1) is 11.0. The van der Waals surface area contributed by atoms with Crippen LogP contribution in [0.4, 0.5) is 0 Å². The second kappa shape index (κ2) is 4.27. The predicted molar refractivity (Wildman–Crippen MR) is 73.8 cm³/mol. The fourth-order valence-electron chi connectivity index (χ4n) is 1.95. The Bertz CT molecular complexity index is 749. The van der Waals surface area contributed by atoms with Crippen molar-refractivity contribution in [3.05, 3.63) is 36.4 Å². The molecule has 1 heterocycles. The van der Waals surface area contributed by atoms with Crippen molar-refractivity contribution < 1.29 is 9.13 Å². The molecule has 82 valence electrons. The van der Waals surface area contributed by atoms with Crippen molar-refractivity contribution >= 4 is 59.0 Å². The maximum Gasteiger partial charge on any atom is 0.194 e. The molecule has 0 fully saturated rings. The normalized spacial score (nSPS) is 11.8. The molecule has 0 bridgehead atoms. The predicted octanol–water partition coefficient (Wildman–Crippen LogP) is 3.89. The van der Waals surface area contributed by atoms with E-state index in [0.717, 1.165) is 20.2 Å². The van der Waals surface area contributed by atoms with E-state index >= 15 is 0 Å². The highest BCUT2D eigenvalue weighted by Gasteiger charge is 2.13. The van der Waals surface area contributed by atoms with E-state index in [2.05, 4.69) is 0 Å². The number of rotatable bonds is 2. The van der Waals surface area contributed by atoms with Crippen molar-refractivity contribution in [2.75, 3.05) is 0 Å². The maximum absolute atomic E-state index is 11.3. The van der Waals surface area contributed by atoms with Crippen LogP contribution >= 0.6 is 28.3 Å². The summed E-state index contributed by atoms with van der Waals surface area (Å²) in [5, 5.41) is 3.27. The smallest absolute Gasteiger partial charge is 0.194 e. The third-order valence-corrected chi connectivity index (χ3v) is 5.21. The molecule has 0 aliphatic rings. The summed E-state index contributed by atoms with van der Waals surface area (Å²) >= 11 is 1.66. The topological polar surface area (TPSA) is 34.1 Å². The zero-order valence-corrected chi connectivity index (χ0v) is 11.2. The lowest BCUT2D eigenvalue weighted by Crippen LogP contribution is -2.12. The van der Waals surface area contributed by atoms with Gasteiger partial charge in [0.25, 0.3) is 0 Å². The molecule has 0 N–H and O–H groups in total. The molecular weight excluding hydrogens is 270 g/mol. The molecule has 3 rings (SSSR count). The van der Waals surface area contributed by atoms with Gasteiger partial charge in [0, 0.05) is 20.2 Å².